The second-order valence-corrected chi connectivity index (χ2v) is 4.71. The van der Waals surface area contributed by atoms with Crippen molar-refractivity contribution in [3.63, 3.8) is 0 Å². The molecular formula is C14H21N3. The lowest BCUT2D eigenvalue weighted by molar-refractivity contribution is 0.602. The molecule has 0 spiro atoms. The number of benzene rings is 1. The molecule has 0 atom stereocenters. The number of aromatic nitrogens is 1. The minimum atomic E-state index is 0.542. The van der Waals surface area contributed by atoms with Crippen molar-refractivity contribution in [2.45, 2.75) is 26.8 Å². The van der Waals surface area contributed by atoms with Crippen molar-refractivity contribution in [1.29, 1.82) is 0 Å². The molecule has 0 radical (unpaired) electrons. The molecule has 0 unspecified atom stereocenters. The number of para-hydroxylation sites is 1. The largest absolute Gasteiger partial charge is 0.382 e. The molecule has 0 saturated heterocycles. The van der Waals surface area contributed by atoms with Crippen molar-refractivity contribution in [1.82, 2.24) is 10.3 Å². The zero-order valence-electron chi connectivity index (χ0n) is 10.8. The number of rotatable bonds is 5. The van der Waals surface area contributed by atoms with Crippen LogP contribution in [0.2, 0.25) is 0 Å². The Labute approximate surface area is 103 Å². The Balaban J connectivity index is 2.05. The van der Waals surface area contributed by atoms with Gasteiger partial charge < -0.3 is 15.6 Å². The Kier molecular flexibility index (Phi) is 3.69. The van der Waals surface area contributed by atoms with E-state index in [2.05, 4.69) is 60.7 Å². The van der Waals surface area contributed by atoms with Crippen LogP contribution in [0.5, 0.6) is 0 Å². The molecule has 0 bridgehead atoms. The molecule has 0 fully saturated rings. The molecular weight excluding hydrogens is 210 g/mol. The number of hydrogen-bond acceptors (Lipinski definition) is 2. The highest BCUT2D eigenvalue weighted by Crippen LogP contribution is 2.26. The minimum absolute atomic E-state index is 0.542. The lowest BCUT2D eigenvalue weighted by atomic mass is 10.2. The van der Waals surface area contributed by atoms with Crippen molar-refractivity contribution in [2.24, 2.45) is 0 Å². The predicted molar refractivity (Wildman–Crippen MR) is 74.7 cm³/mol. The van der Waals surface area contributed by atoms with Gasteiger partial charge in [-0.1, -0.05) is 32.0 Å². The molecule has 1 heterocycles. The van der Waals surface area contributed by atoms with Gasteiger partial charge in [0.15, 0.2) is 0 Å². The third kappa shape index (κ3) is 2.80. The number of fused-ring (bicyclic) bond motifs is 1. The highest BCUT2D eigenvalue weighted by atomic mass is 15.0. The molecule has 0 amide bonds. The quantitative estimate of drug-likeness (QED) is 0.692. The van der Waals surface area contributed by atoms with Crippen molar-refractivity contribution in [2.75, 3.05) is 18.4 Å². The zero-order chi connectivity index (χ0) is 12.3. The molecule has 0 aliphatic carbocycles. The molecule has 92 valence electrons. The highest BCUT2D eigenvalue weighted by Gasteiger charge is 2.06. The molecule has 0 aliphatic heterocycles. The Morgan fingerprint density at radius 1 is 1.18 bits per heavy atom. The predicted octanol–water partition coefficient (Wildman–Crippen LogP) is 2.89. The van der Waals surface area contributed by atoms with E-state index in [0.717, 1.165) is 13.1 Å². The van der Waals surface area contributed by atoms with Crippen LogP contribution >= 0.6 is 0 Å². The van der Waals surface area contributed by atoms with Crippen LogP contribution in [0.3, 0.4) is 0 Å². The van der Waals surface area contributed by atoms with Crippen LogP contribution in [-0.4, -0.2) is 24.1 Å². The number of anilines is 1. The van der Waals surface area contributed by atoms with E-state index in [1.165, 1.54) is 22.3 Å². The van der Waals surface area contributed by atoms with E-state index in [9.17, 15) is 0 Å². The minimum Gasteiger partial charge on any atom is -0.382 e. The standard InChI is InChI=1S/C14H21N3/c1-10(2)15-8-9-16-14-11(3)17-13-7-5-4-6-12(13)14/h4-7,10,15-17H,8-9H2,1-3H3. The topological polar surface area (TPSA) is 39.9 Å². The van der Waals surface area contributed by atoms with Crippen LogP contribution in [0, 0.1) is 6.92 Å². The molecule has 3 heteroatoms. The van der Waals surface area contributed by atoms with Gasteiger partial charge in [0, 0.05) is 35.7 Å². The summed E-state index contributed by atoms with van der Waals surface area (Å²) in [5.41, 5.74) is 3.63. The summed E-state index contributed by atoms with van der Waals surface area (Å²) >= 11 is 0. The molecule has 3 nitrogen and oxygen atoms in total. The zero-order valence-corrected chi connectivity index (χ0v) is 10.8. The monoisotopic (exact) mass is 231 g/mol. The Hall–Kier alpha value is -1.48. The lowest BCUT2D eigenvalue weighted by Gasteiger charge is -2.10. The second-order valence-electron chi connectivity index (χ2n) is 4.71. The Morgan fingerprint density at radius 2 is 1.94 bits per heavy atom. The van der Waals surface area contributed by atoms with Gasteiger partial charge in [0.05, 0.1) is 5.69 Å². The van der Waals surface area contributed by atoms with Gasteiger partial charge in [-0.2, -0.15) is 0 Å². The SMILES string of the molecule is Cc1[nH]c2ccccc2c1NCCNC(C)C. The van der Waals surface area contributed by atoms with Gasteiger partial charge in [0.1, 0.15) is 0 Å². The lowest BCUT2D eigenvalue weighted by Crippen LogP contribution is -2.28. The fourth-order valence-electron chi connectivity index (χ4n) is 2.05. The van der Waals surface area contributed by atoms with E-state index in [1.807, 2.05) is 0 Å². The first-order valence-corrected chi connectivity index (χ1v) is 6.23. The Morgan fingerprint density at radius 3 is 2.71 bits per heavy atom. The van der Waals surface area contributed by atoms with E-state index in [1.54, 1.807) is 0 Å². The summed E-state index contributed by atoms with van der Waals surface area (Å²) < 4.78 is 0. The Bertz CT molecular complexity index is 485. The van der Waals surface area contributed by atoms with Crippen molar-refractivity contribution >= 4 is 16.6 Å². The van der Waals surface area contributed by atoms with Gasteiger partial charge in [-0.15, -0.1) is 0 Å². The van der Waals surface area contributed by atoms with Gasteiger partial charge >= 0.3 is 0 Å². The number of aromatic amines is 1. The maximum Gasteiger partial charge on any atom is 0.0628 e. The van der Waals surface area contributed by atoms with E-state index >= 15 is 0 Å². The average molecular weight is 231 g/mol. The van der Waals surface area contributed by atoms with Crippen molar-refractivity contribution in [3.8, 4) is 0 Å². The number of H-pyrrole nitrogens is 1. The second kappa shape index (κ2) is 5.23. The van der Waals surface area contributed by atoms with Gasteiger partial charge in [0.25, 0.3) is 0 Å². The highest BCUT2D eigenvalue weighted by molar-refractivity contribution is 5.94. The maximum absolute atomic E-state index is 3.50. The third-order valence-electron chi connectivity index (χ3n) is 2.87. The van der Waals surface area contributed by atoms with Crippen molar-refractivity contribution in [3.05, 3.63) is 30.0 Å². The maximum atomic E-state index is 3.50. The molecule has 17 heavy (non-hydrogen) atoms. The van der Waals surface area contributed by atoms with E-state index in [4.69, 9.17) is 0 Å². The summed E-state index contributed by atoms with van der Waals surface area (Å²) in [6.45, 7) is 8.36. The molecule has 0 saturated carbocycles. The fraction of sp³-hybridized carbons (Fsp3) is 0.429. The number of hydrogen-bond donors (Lipinski definition) is 3. The van der Waals surface area contributed by atoms with Gasteiger partial charge in [-0.05, 0) is 13.0 Å². The van der Waals surface area contributed by atoms with Crippen LogP contribution < -0.4 is 10.6 Å². The molecule has 1 aromatic heterocycles. The van der Waals surface area contributed by atoms with Crippen LogP contribution in [0.4, 0.5) is 5.69 Å². The first-order valence-electron chi connectivity index (χ1n) is 6.23. The summed E-state index contributed by atoms with van der Waals surface area (Å²) in [6, 6.07) is 8.94. The van der Waals surface area contributed by atoms with E-state index in [0.29, 0.717) is 6.04 Å². The fourth-order valence-corrected chi connectivity index (χ4v) is 2.05. The first-order chi connectivity index (χ1) is 8.18. The van der Waals surface area contributed by atoms with Crippen molar-refractivity contribution < 1.29 is 0 Å². The van der Waals surface area contributed by atoms with Gasteiger partial charge in [0.2, 0.25) is 0 Å². The summed E-state index contributed by atoms with van der Waals surface area (Å²) in [7, 11) is 0. The van der Waals surface area contributed by atoms with Gasteiger partial charge in [-0.25, -0.2) is 0 Å². The smallest absolute Gasteiger partial charge is 0.0628 e. The molecule has 3 N–H and O–H groups in total. The number of aryl methyl sites for hydroxylation is 1. The normalized spacial score (nSPS) is 11.3. The third-order valence-corrected chi connectivity index (χ3v) is 2.87. The van der Waals surface area contributed by atoms with E-state index in [-0.39, 0.29) is 0 Å². The average Bonchev–Trinajstić information content (AvgIpc) is 2.60. The summed E-state index contributed by atoms with van der Waals surface area (Å²) in [5, 5.41) is 8.17. The van der Waals surface area contributed by atoms with Crippen LogP contribution in [0.15, 0.2) is 24.3 Å². The number of nitrogens with one attached hydrogen (secondary N) is 3. The van der Waals surface area contributed by atoms with Crippen LogP contribution in [0.25, 0.3) is 10.9 Å². The summed E-state index contributed by atoms with van der Waals surface area (Å²) in [6.07, 6.45) is 0. The molecule has 1 aromatic carbocycles. The van der Waals surface area contributed by atoms with Crippen LogP contribution in [-0.2, 0) is 0 Å². The van der Waals surface area contributed by atoms with Crippen LogP contribution in [0.1, 0.15) is 19.5 Å². The molecule has 2 aromatic rings. The van der Waals surface area contributed by atoms with Gasteiger partial charge in [-0.3, -0.25) is 0 Å². The summed E-state index contributed by atoms with van der Waals surface area (Å²) in [4.78, 5) is 3.39. The molecule has 0 aliphatic rings. The molecule has 2 rings (SSSR count). The van der Waals surface area contributed by atoms with E-state index < -0.39 is 0 Å². The summed E-state index contributed by atoms with van der Waals surface area (Å²) in [5.74, 6) is 0. The first kappa shape index (κ1) is 12.0.